The molecule has 4 aliphatic heterocycles. The number of pyridine rings is 2. The monoisotopic (exact) mass is 1090 g/mol. The molecule has 0 spiro atoms. The number of hydrogen-bond acceptors (Lipinski definition) is 22. The van der Waals surface area contributed by atoms with Crippen LogP contribution in [0.15, 0.2) is 53.5 Å². The first-order chi connectivity index (χ1) is 36.6. The third kappa shape index (κ3) is 9.42. The number of likely N-dealkylation sites (N-methyl/N-ethyl adjacent to an activating group) is 1. The van der Waals surface area contributed by atoms with E-state index in [0.29, 0.717) is 11.3 Å². The number of carboxylic acid groups (broad SMARTS) is 1. The van der Waals surface area contributed by atoms with Gasteiger partial charge in [0, 0.05) is 59.5 Å². The Hall–Kier alpha value is -7.77. The number of rotatable bonds is 17. The van der Waals surface area contributed by atoms with E-state index < -0.39 is 118 Å². The van der Waals surface area contributed by atoms with Gasteiger partial charge in [-0.15, -0.1) is 13.5 Å². The van der Waals surface area contributed by atoms with Gasteiger partial charge in [0.1, 0.15) is 30.6 Å². The van der Waals surface area contributed by atoms with Gasteiger partial charge in [0.2, 0.25) is 6.29 Å². The summed E-state index contributed by atoms with van der Waals surface area (Å²) >= 11 is 0. The molecule has 0 bridgehead atoms. The van der Waals surface area contributed by atoms with Crippen LogP contribution in [0, 0.1) is 5.82 Å². The summed E-state index contributed by atoms with van der Waals surface area (Å²) in [6.45, 7) is 1.10. The topological polar surface area (TPSA) is 368 Å². The van der Waals surface area contributed by atoms with E-state index in [-0.39, 0.29) is 109 Å². The number of aromatic nitrogens is 5. The number of aliphatic carboxylic acids is 1. The maximum absolute atomic E-state index is 16.5. The lowest BCUT2D eigenvalue weighted by Crippen LogP contribution is -2.61. The Morgan fingerprint density at radius 1 is 0.961 bits per heavy atom. The first kappa shape index (κ1) is 52.7. The lowest BCUT2D eigenvalue weighted by molar-refractivity contribution is -0.271. The van der Waals surface area contributed by atoms with Crippen LogP contribution >= 0.6 is 0 Å². The normalized spacial score (nSPS) is 23.4. The summed E-state index contributed by atoms with van der Waals surface area (Å²) in [5.74, 6) is -8.08. The lowest BCUT2D eigenvalue weighted by Gasteiger charge is -2.38. The number of hydrogen-bond donors (Lipinski definition) is 6. The summed E-state index contributed by atoms with van der Waals surface area (Å²) in [4.78, 5) is 82.9. The number of amides is 3. The highest BCUT2D eigenvalue weighted by Crippen LogP contribution is 2.48. The molecule has 2 aromatic carbocycles. The molecule has 10 rings (SSSR count). The minimum Gasteiger partial charge on any atom is -0.479 e. The number of benzene rings is 2. The molecule has 3 amide bonds. The van der Waals surface area contributed by atoms with Crippen molar-refractivity contribution in [3.05, 3.63) is 104 Å². The van der Waals surface area contributed by atoms with E-state index in [9.17, 15) is 67.8 Å². The second kappa shape index (κ2) is 20.0. The standard InChI is InChI=1S/C48H46FN7O20S/c1-3-48(68)26-15-29-37-24(19-55(29)44(64)25(26)20-72-47(48)67)36-30(57)6-5-23-35(36)28(50-37)16-27(49)41(23)76-77(69,70)75-32-14-21(4-7-31(32)73-46-40(62)38(60)39(61)42(74-46)45(65)66)43(63)53(2)10-12-71-13-11-54-17-22(51-52-54)18-56-33(58)8-9-34(56)59/h4,7-9,14-17,30,38-40,42,46,57,60-62,68H,3,5-6,10-13,18-20H2,1-2H3,(H,65,66)/t30?,38-,39-,40+,42-,46?,48-/m0/s1. The van der Waals surface area contributed by atoms with Crippen LogP contribution in [-0.4, -0.2) is 161 Å². The molecule has 406 valence electrons. The van der Waals surface area contributed by atoms with Crippen molar-refractivity contribution in [1.82, 2.24) is 34.3 Å². The fourth-order valence-corrected chi connectivity index (χ4v) is 10.6. The molecule has 7 heterocycles. The second-order valence-corrected chi connectivity index (χ2v) is 19.7. The van der Waals surface area contributed by atoms with Crippen molar-refractivity contribution >= 4 is 51.0 Å². The first-order valence-corrected chi connectivity index (χ1v) is 25.1. The van der Waals surface area contributed by atoms with E-state index in [0.717, 1.165) is 41.3 Å². The van der Waals surface area contributed by atoms with Gasteiger partial charge < -0.3 is 67.4 Å². The average molecular weight is 1090 g/mol. The summed E-state index contributed by atoms with van der Waals surface area (Å²) in [7, 11) is -4.14. The van der Waals surface area contributed by atoms with Crippen molar-refractivity contribution in [2.24, 2.45) is 0 Å². The number of imide groups is 1. The van der Waals surface area contributed by atoms with E-state index in [1.807, 2.05) is 0 Å². The van der Waals surface area contributed by atoms with Gasteiger partial charge in [0.15, 0.2) is 34.8 Å². The Morgan fingerprint density at radius 2 is 1.71 bits per heavy atom. The van der Waals surface area contributed by atoms with Crippen LogP contribution in [0.3, 0.4) is 0 Å². The van der Waals surface area contributed by atoms with E-state index in [4.69, 9.17) is 27.3 Å². The number of nitrogens with zero attached hydrogens (tertiary/aromatic N) is 7. The molecule has 7 atom stereocenters. The molecule has 6 N–H and O–H groups in total. The minimum absolute atomic E-state index is 0.0165. The van der Waals surface area contributed by atoms with Crippen LogP contribution < -0.4 is 18.7 Å². The van der Waals surface area contributed by atoms with Crippen molar-refractivity contribution in [3.8, 4) is 28.6 Å². The molecule has 2 unspecified atom stereocenters. The summed E-state index contributed by atoms with van der Waals surface area (Å²) < 4.78 is 79.7. The molecule has 0 radical (unpaired) electrons. The fraction of sp³-hybridized carbons (Fsp3) is 0.396. The Balaban J connectivity index is 0.905. The fourth-order valence-electron chi connectivity index (χ4n) is 9.79. The first-order valence-electron chi connectivity index (χ1n) is 23.7. The zero-order valence-corrected chi connectivity index (χ0v) is 41.3. The zero-order valence-electron chi connectivity index (χ0n) is 40.5. The minimum atomic E-state index is -5.53. The van der Waals surface area contributed by atoms with Gasteiger partial charge >= 0.3 is 22.3 Å². The summed E-state index contributed by atoms with van der Waals surface area (Å²) in [5.41, 5.74) is -1.97. The maximum Gasteiger partial charge on any atom is 0.501 e. The highest BCUT2D eigenvalue weighted by atomic mass is 32.3. The number of aryl methyl sites for hydroxylation is 1. The van der Waals surface area contributed by atoms with Crippen molar-refractivity contribution < 1.29 is 94.7 Å². The third-order valence-electron chi connectivity index (χ3n) is 13.8. The van der Waals surface area contributed by atoms with Crippen LogP contribution in [0.4, 0.5) is 4.39 Å². The molecule has 1 saturated heterocycles. The van der Waals surface area contributed by atoms with Crippen molar-refractivity contribution in [2.75, 3.05) is 26.8 Å². The molecule has 5 aromatic rings. The summed E-state index contributed by atoms with van der Waals surface area (Å²) in [5, 5.41) is 71.9. The van der Waals surface area contributed by atoms with Gasteiger partial charge in [-0.3, -0.25) is 24.1 Å². The predicted molar refractivity (Wildman–Crippen MR) is 252 cm³/mol. The number of esters is 1. The Kier molecular flexibility index (Phi) is 13.7. The maximum atomic E-state index is 16.5. The Morgan fingerprint density at radius 3 is 2.44 bits per heavy atom. The SMILES string of the molecule is CC[C@@]1(O)C(=O)OCc2c1cc1n(c2=O)Cc2c-1nc1cc(F)c(OS(=O)(=O)Oc3cc(C(=O)N(C)CCOCCn4cc(CN5C(=O)C=CC5=O)nn4)ccc3OC3O[C@H](C(=O)O)[C@@H](O)[C@H](O)[C@H]3O)c3c1c2C(O)CC3. The summed E-state index contributed by atoms with van der Waals surface area (Å²) in [6, 6.07) is 5.26. The molecule has 77 heavy (non-hydrogen) atoms. The van der Waals surface area contributed by atoms with Gasteiger partial charge in [-0.05, 0) is 49.1 Å². The van der Waals surface area contributed by atoms with E-state index in [1.54, 1.807) is 0 Å². The van der Waals surface area contributed by atoms with Gasteiger partial charge in [-0.1, -0.05) is 12.1 Å². The number of cyclic esters (lactones) is 1. The van der Waals surface area contributed by atoms with Gasteiger partial charge in [0.25, 0.3) is 23.3 Å². The molecule has 29 heteroatoms. The van der Waals surface area contributed by atoms with Crippen LogP contribution in [-0.2, 0) is 82.1 Å². The average Bonchev–Trinajstić information content (AvgIpc) is 4.20. The number of carbonyl (C=O) groups excluding carboxylic acids is 4. The number of fused-ring (bicyclic) bond motifs is 5. The molecule has 0 saturated carbocycles. The molecular formula is C48H46FN7O20S. The highest BCUT2D eigenvalue weighted by molar-refractivity contribution is 7.82. The molecule has 5 aliphatic rings. The smallest absolute Gasteiger partial charge is 0.479 e. The molecular weight excluding hydrogens is 1050 g/mol. The van der Waals surface area contributed by atoms with Gasteiger partial charge in [-0.2, -0.15) is 0 Å². The number of halogens is 1. The lowest BCUT2D eigenvalue weighted by atomic mass is 9.84. The number of aliphatic hydroxyl groups excluding tert-OH is 4. The Labute approximate surface area is 433 Å². The van der Waals surface area contributed by atoms with Crippen LogP contribution in [0.2, 0.25) is 0 Å². The van der Waals surface area contributed by atoms with Crippen LogP contribution in [0.1, 0.15) is 69.7 Å². The van der Waals surface area contributed by atoms with E-state index >= 15 is 4.39 Å². The van der Waals surface area contributed by atoms with Crippen molar-refractivity contribution in [3.63, 3.8) is 0 Å². The molecule has 27 nitrogen and oxygen atoms in total. The molecule has 3 aromatic heterocycles. The van der Waals surface area contributed by atoms with Crippen molar-refractivity contribution in [2.45, 2.75) is 94.8 Å². The number of ether oxygens (including phenoxy) is 4. The Bertz CT molecular complexity index is 3510. The molecule has 1 aliphatic carbocycles. The largest absolute Gasteiger partial charge is 0.501 e. The van der Waals surface area contributed by atoms with Gasteiger partial charge in [0.05, 0.1) is 67.6 Å². The second-order valence-electron chi connectivity index (χ2n) is 18.6. The van der Waals surface area contributed by atoms with Crippen LogP contribution in [0.5, 0.6) is 17.2 Å². The molecule has 1 fully saturated rings. The van der Waals surface area contributed by atoms with Crippen molar-refractivity contribution in [1.29, 1.82) is 0 Å². The summed E-state index contributed by atoms with van der Waals surface area (Å²) in [6.07, 6.45) is -8.51. The van der Waals surface area contributed by atoms with Crippen LogP contribution in [0.25, 0.3) is 22.3 Å². The van der Waals surface area contributed by atoms with E-state index in [2.05, 4.69) is 15.3 Å². The highest BCUT2D eigenvalue weighted by Gasteiger charge is 2.49. The number of carbonyl (C=O) groups is 5. The van der Waals surface area contributed by atoms with Gasteiger partial charge in [-0.25, -0.2) is 23.6 Å². The zero-order chi connectivity index (χ0) is 55.0. The number of carboxylic acids is 1. The number of aliphatic hydroxyl groups is 5. The quantitative estimate of drug-likeness (QED) is 0.0361. The van der Waals surface area contributed by atoms with E-state index in [1.165, 1.54) is 40.4 Å². The third-order valence-corrected chi connectivity index (χ3v) is 14.6. The predicted octanol–water partition coefficient (Wildman–Crippen LogP) is -1.02.